The predicted molar refractivity (Wildman–Crippen MR) is 114 cm³/mol. The predicted octanol–water partition coefficient (Wildman–Crippen LogP) is 5.83. The van der Waals surface area contributed by atoms with Crippen molar-refractivity contribution in [1.29, 1.82) is 0 Å². The first-order valence-electron chi connectivity index (χ1n) is 10.5. The number of carbonyl (C=O) groups excluding carboxylic acids is 2. The molecule has 0 radical (unpaired) electrons. The zero-order valence-corrected chi connectivity index (χ0v) is 17.0. The summed E-state index contributed by atoms with van der Waals surface area (Å²) in [5.41, 5.74) is -0.541. The molecule has 0 bridgehead atoms. The number of hydrogen-bond acceptors (Lipinski definition) is 2. The van der Waals surface area contributed by atoms with E-state index in [1.54, 1.807) is 6.07 Å². The third-order valence-corrected chi connectivity index (χ3v) is 6.80. The fraction of sp³-hybridized carbons (Fsp3) is 0.231. The number of Topliss-reactive ketones (excluding diaryl/α,β-unsaturated/α-hetero) is 1. The smallest absolute Gasteiger partial charge is 0.324 e. The molecule has 1 fully saturated rings. The number of nitrogens with one attached hydrogen (secondary N) is 1. The van der Waals surface area contributed by atoms with E-state index in [0.29, 0.717) is 5.56 Å². The summed E-state index contributed by atoms with van der Waals surface area (Å²) in [6.45, 7) is 0. The van der Waals surface area contributed by atoms with Crippen molar-refractivity contribution in [2.45, 2.75) is 36.3 Å². The lowest BCUT2D eigenvalue weighted by molar-refractivity contribution is -0.137. The van der Waals surface area contributed by atoms with Crippen LogP contribution < -0.4 is 5.32 Å². The molecule has 1 amide bonds. The Bertz CT molecular complexity index is 1140. The molecule has 2 aliphatic rings. The standard InChI is InChI=1S/C26H20F3NO2/c27-26(28,29)20-13-7-12-19-23(20)30-24(32)25(19)21(16-8-3-1-4-9-16)14-18(31)15-22(25)17-10-5-2-6-11-17/h1-13,21-22H,14-15H2,(H,30,32)/t21-,22-/m0/s1. The molecule has 1 saturated carbocycles. The summed E-state index contributed by atoms with van der Waals surface area (Å²) in [6.07, 6.45) is -4.42. The van der Waals surface area contributed by atoms with Crippen molar-refractivity contribution in [2.24, 2.45) is 0 Å². The molecule has 3 nitrogen and oxygen atoms in total. The van der Waals surface area contributed by atoms with E-state index < -0.39 is 34.9 Å². The number of amides is 1. The second-order valence-corrected chi connectivity index (χ2v) is 8.42. The Labute approximate surface area is 183 Å². The molecular formula is C26H20F3NO2. The van der Waals surface area contributed by atoms with E-state index in [9.17, 15) is 22.8 Å². The highest BCUT2D eigenvalue weighted by molar-refractivity contribution is 6.10. The van der Waals surface area contributed by atoms with E-state index in [2.05, 4.69) is 5.32 Å². The second kappa shape index (κ2) is 7.33. The fourth-order valence-corrected chi connectivity index (χ4v) is 5.53. The van der Waals surface area contributed by atoms with Crippen molar-refractivity contribution in [3.8, 4) is 0 Å². The molecule has 5 rings (SSSR count). The molecule has 1 aliphatic heterocycles. The van der Waals surface area contributed by atoms with E-state index in [0.717, 1.165) is 17.2 Å². The fourth-order valence-electron chi connectivity index (χ4n) is 5.53. The Kier molecular flexibility index (Phi) is 4.69. The average Bonchev–Trinajstić information content (AvgIpc) is 3.08. The van der Waals surface area contributed by atoms with Crippen molar-refractivity contribution in [2.75, 3.05) is 5.32 Å². The maximum Gasteiger partial charge on any atom is 0.418 e. The summed E-state index contributed by atoms with van der Waals surface area (Å²) in [4.78, 5) is 26.7. The monoisotopic (exact) mass is 435 g/mol. The number of fused-ring (bicyclic) bond motifs is 2. The first-order valence-corrected chi connectivity index (χ1v) is 10.5. The van der Waals surface area contributed by atoms with Gasteiger partial charge in [0.15, 0.2) is 0 Å². The van der Waals surface area contributed by atoms with Gasteiger partial charge in [0.05, 0.1) is 16.7 Å². The minimum absolute atomic E-state index is 0.00782. The molecule has 0 unspecified atom stereocenters. The number of ketones is 1. The Hall–Kier alpha value is -3.41. The van der Waals surface area contributed by atoms with Crippen LogP contribution in [0.15, 0.2) is 78.9 Å². The number of hydrogen-bond donors (Lipinski definition) is 1. The Morgan fingerprint density at radius 2 is 1.28 bits per heavy atom. The SMILES string of the molecule is O=C1C[C@@H](c2ccccc2)C2(C(=O)Nc3c(C(F)(F)F)cccc32)[C@H](c2ccccc2)C1. The first kappa shape index (κ1) is 20.5. The van der Waals surface area contributed by atoms with Crippen LogP contribution in [0.5, 0.6) is 0 Å². The van der Waals surface area contributed by atoms with E-state index >= 15 is 0 Å². The lowest BCUT2D eigenvalue weighted by Crippen LogP contribution is -2.50. The summed E-state index contributed by atoms with van der Waals surface area (Å²) in [5, 5.41) is 2.58. The van der Waals surface area contributed by atoms with Crippen molar-refractivity contribution in [1.82, 2.24) is 0 Å². The normalized spacial score (nSPS) is 22.0. The molecule has 1 aliphatic carbocycles. The number of benzene rings is 3. The van der Waals surface area contributed by atoms with Gasteiger partial charge in [-0.1, -0.05) is 72.8 Å². The second-order valence-electron chi connectivity index (χ2n) is 8.42. The molecule has 3 aromatic carbocycles. The van der Waals surface area contributed by atoms with Crippen molar-refractivity contribution < 1.29 is 22.8 Å². The van der Waals surface area contributed by atoms with Crippen molar-refractivity contribution >= 4 is 17.4 Å². The lowest BCUT2D eigenvalue weighted by atomic mass is 9.54. The van der Waals surface area contributed by atoms with Gasteiger partial charge in [-0.2, -0.15) is 13.2 Å². The van der Waals surface area contributed by atoms with Crippen molar-refractivity contribution in [3.05, 3.63) is 101 Å². The maximum atomic E-state index is 13.8. The Morgan fingerprint density at radius 1 is 0.750 bits per heavy atom. The summed E-state index contributed by atoms with van der Waals surface area (Å²) in [6, 6.07) is 22.2. The molecule has 6 heteroatoms. The number of anilines is 1. The number of para-hydroxylation sites is 1. The van der Waals surface area contributed by atoms with Crippen LogP contribution in [-0.4, -0.2) is 11.7 Å². The molecule has 1 spiro atoms. The van der Waals surface area contributed by atoms with Gasteiger partial charge in [-0.25, -0.2) is 0 Å². The molecule has 1 heterocycles. The van der Waals surface area contributed by atoms with Gasteiger partial charge in [-0.3, -0.25) is 9.59 Å². The zero-order valence-electron chi connectivity index (χ0n) is 17.0. The molecule has 32 heavy (non-hydrogen) atoms. The molecule has 2 atom stereocenters. The van der Waals surface area contributed by atoms with E-state index in [4.69, 9.17) is 0 Å². The Balaban J connectivity index is 1.83. The van der Waals surface area contributed by atoms with Gasteiger partial charge in [0.2, 0.25) is 5.91 Å². The van der Waals surface area contributed by atoms with E-state index in [1.807, 2.05) is 60.7 Å². The molecule has 0 aromatic heterocycles. The molecule has 0 saturated heterocycles. The lowest BCUT2D eigenvalue weighted by Gasteiger charge is -2.46. The summed E-state index contributed by atoms with van der Waals surface area (Å²) < 4.78 is 41.5. The molecule has 3 aromatic rings. The summed E-state index contributed by atoms with van der Waals surface area (Å²) >= 11 is 0. The van der Waals surface area contributed by atoms with Gasteiger partial charge in [-0.05, 0) is 22.8 Å². The number of alkyl halides is 3. The van der Waals surface area contributed by atoms with Gasteiger partial charge in [0, 0.05) is 24.7 Å². The van der Waals surface area contributed by atoms with Crippen LogP contribution >= 0.6 is 0 Å². The largest absolute Gasteiger partial charge is 0.418 e. The minimum Gasteiger partial charge on any atom is -0.324 e. The van der Waals surface area contributed by atoms with Gasteiger partial charge < -0.3 is 5.32 Å². The van der Waals surface area contributed by atoms with Crippen molar-refractivity contribution in [3.63, 3.8) is 0 Å². The van der Waals surface area contributed by atoms with E-state index in [1.165, 1.54) is 6.07 Å². The van der Waals surface area contributed by atoms with Crippen LogP contribution in [0.2, 0.25) is 0 Å². The maximum absolute atomic E-state index is 13.8. The Morgan fingerprint density at radius 3 is 1.78 bits per heavy atom. The third kappa shape index (κ3) is 2.97. The molecular weight excluding hydrogens is 415 g/mol. The van der Waals surface area contributed by atoms with Crippen LogP contribution in [-0.2, 0) is 21.2 Å². The number of carbonyl (C=O) groups is 2. The van der Waals surface area contributed by atoms with Crippen LogP contribution in [0.25, 0.3) is 0 Å². The highest BCUT2D eigenvalue weighted by Gasteiger charge is 2.61. The van der Waals surface area contributed by atoms with E-state index in [-0.39, 0.29) is 24.3 Å². The first-order chi connectivity index (χ1) is 15.3. The minimum atomic E-state index is -4.61. The van der Waals surface area contributed by atoms with Gasteiger partial charge in [0.1, 0.15) is 5.78 Å². The number of rotatable bonds is 2. The highest BCUT2D eigenvalue weighted by atomic mass is 19.4. The van der Waals surface area contributed by atoms with Crippen LogP contribution in [0, 0.1) is 0 Å². The number of halogens is 3. The van der Waals surface area contributed by atoms with Crippen LogP contribution in [0.3, 0.4) is 0 Å². The average molecular weight is 435 g/mol. The topological polar surface area (TPSA) is 46.2 Å². The summed E-state index contributed by atoms with van der Waals surface area (Å²) in [5.74, 6) is -1.66. The summed E-state index contributed by atoms with van der Waals surface area (Å²) in [7, 11) is 0. The highest BCUT2D eigenvalue weighted by Crippen LogP contribution is 2.61. The van der Waals surface area contributed by atoms with Crippen LogP contribution in [0.1, 0.15) is 46.9 Å². The quantitative estimate of drug-likeness (QED) is 0.551. The third-order valence-electron chi connectivity index (χ3n) is 6.80. The molecule has 162 valence electrons. The van der Waals surface area contributed by atoms with Gasteiger partial charge in [-0.15, -0.1) is 0 Å². The zero-order chi connectivity index (χ0) is 22.5. The van der Waals surface area contributed by atoms with Gasteiger partial charge >= 0.3 is 6.18 Å². The van der Waals surface area contributed by atoms with Gasteiger partial charge in [0.25, 0.3) is 0 Å². The van der Waals surface area contributed by atoms with Crippen LogP contribution in [0.4, 0.5) is 18.9 Å². The molecule has 1 N–H and O–H groups in total.